The van der Waals surface area contributed by atoms with Crippen LogP contribution in [0.1, 0.15) is 11.5 Å². The van der Waals surface area contributed by atoms with Gasteiger partial charge in [-0.05, 0) is 32.0 Å². The summed E-state index contributed by atoms with van der Waals surface area (Å²) in [5, 5.41) is 9.31. The van der Waals surface area contributed by atoms with Crippen molar-refractivity contribution in [3.63, 3.8) is 0 Å². The number of phenols is 1. The van der Waals surface area contributed by atoms with Crippen LogP contribution in [0.25, 0.3) is 11.3 Å². The maximum atomic E-state index is 9.31. The zero-order valence-electron chi connectivity index (χ0n) is 8.70. The SMILES string of the molecule is Cc1nc(-c2ccc(O)c(N)c2)c(C)[nH]1. The number of phenolic OH excluding ortho intramolecular Hbond substituents is 1. The molecule has 0 amide bonds. The van der Waals surface area contributed by atoms with Crippen molar-refractivity contribution in [1.29, 1.82) is 0 Å². The quantitative estimate of drug-likeness (QED) is 0.490. The summed E-state index contributed by atoms with van der Waals surface area (Å²) < 4.78 is 0. The summed E-state index contributed by atoms with van der Waals surface area (Å²) in [7, 11) is 0. The van der Waals surface area contributed by atoms with Crippen molar-refractivity contribution in [3.8, 4) is 17.0 Å². The Morgan fingerprint density at radius 3 is 2.60 bits per heavy atom. The highest BCUT2D eigenvalue weighted by Gasteiger charge is 2.08. The van der Waals surface area contributed by atoms with Crippen molar-refractivity contribution in [2.24, 2.45) is 0 Å². The minimum atomic E-state index is 0.101. The summed E-state index contributed by atoms with van der Waals surface area (Å²) in [4.78, 5) is 7.48. The van der Waals surface area contributed by atoms with Crippen molar-refractivity contribution in [2.45, 2.75) is 13.8 Å². The van der Waals surface area contributed by atoms with E-state index in [2.05, 4.69) is 9.97 Å². The average Bonchev–Trinajstić information content (AvgIpc) is 2.50. The Hall–Kier alpha value is -1.97. The molecule has 4 heteroatoms. The van der Waals surface area contributed by atoms with Crippen LogP contribution < -0.4 is 5.73 Å². The summed E-state index contributed by atoms with van der Waals surface area (Å²) in [6, 6.07) is 5.10. The summed E-state index contributed by atoms with van der Waals surface area (Å²) in [5.41, 5.74) is 8.78. The van der Waals surface area contributed by atoms with Gasteiger partial charge in [0.1, 0.15) is 11.6 Å². The number of benzene rings is 1. The molecule has 4 N–H and O–H groups in total. The molecule has 1 aromatic heterocycles. The molecule has 0 spiro atoms. The zero-order valence-corrected chi connectivity index (χ0v) is 8.70. The number of nitrogens with zero attached hydrogens (tertiary/aromatic N) is 1. The number of aromatic nitrogens is 2. The van der Waals surface area contributed by atoms with Gasteiger partial charge in [0.15, 0.2) is 0 Å². The molecule has 0 aliphatic carbocycles. The minimum absolute atomic E-state index is 0.101. The second-order valence-electron chi connectivity index (χ2n) is 3.57. The van der Waals surface area contributed by atoms with Gasteiger partial charge in [0.25, 0.3) is 0 Å². The van der Waals surface area contributed by atoms with E-state index in [1.165, 1.54) is 0 Å². The van der Waals surface area contributed by atoms with Gasteiger partial charge >= 0.3 is 0 Å². The Morgan fingerprint density at radius 2 is 2.07 bits per heavy atom. The highest BCUT2D eigenvalue weighted by molar-refractivity contribution is 5.69. The van der Waals surface area contributed by atoms with E-state index in [1.807, 2.05) is 13.8 Å². The molecule has 15 heavy (non-hydrogen) atoms. The Labute approximate surface area is 87.8 Å². The molecule has 1 heterocycles. The molecule has 0 saturated carbocycles. The maximum Gasteiger partial charge on any atom is 0.138 e. The number of imidazole rings is 1. The maximum absolute atomic E-state index is 9.31. The Balaban J connectivity index is 2.54. The van der Waals surface area contributed by atoms with Gasteiger partial charge in [-0.2, -0.15) is 0 Å². The Morgan fingerprint density at radius 1 is 1.33 bits per heavy atom. The van der Waals surface area contributed by atoms with Crippen LogP contribution in [0.5, 0.6) is 5.75 Å². The van der Waals surface area contributed by atoms with Gasteiger partial charge in [0.2, 0.25) is 0 Å². The molecule has 0 bridgehead atoms. The van der Waals surface area contributed by atoms with Crippen molar-refractivity contribution < 1.29 is 5.11 Å². The topological polar surface area (TPSA) is 74.9 Å². The van der Waals surface area contributed by atoms with Gasteiger partial charge in [-0.25, -0.2) is 4.98 Å². The molecule has 2 rings (SSSR count). The number of nitrogen functional groups attached to an aromatic ring is 1. The van der Waals surface area contributed by atoms with Crippen LogP contribution in [0.2, 0.25) is 0 Å². The van der Waals surface area contributed by atoms with Crippen molar-refractivity contribution in [1.82, 2.24) is 9.97 Å². The number of hydrogen-bond donors (Lipinski definition) is 3. The fraction of sp³-hybridized carbons (Fsp3) is 0.182. The monoisotopic (exact) mass is 203 g/mol. The first-order chi connectivity index (χ1) is 7.08. The van der Waals surface area contributed by atoms with Gasteiger partial charge in [-0.1, -0.05) is 0 Å². The molecule has 0 aliphatic heterocycles. The van der Waals surface area contributed by atoms with E-state index in [0.29, 0.717) is 5.69 Å². The number of nitrogens with two attached hydrogens (primary N) is 1. The van der Waals surface area contributed by atoms with Gasteiger partial charge < -0.3 is 15.8 Å². The van der Waals surface area contributed by atoms with E-state index in [-0.39, 0.29) is 5.75 Å². The lowest BCUT2D eigenvalue weighted by molar-refractivity contribution is 0.478. The first-order valence-electron chi connectivity index (χ1n) is 4.70. The molecule has 0 aliphatic rings. The second kappa shape index (κ2) is 3.31. The van der Waals surface area contributed by atoms with Gasteiger partial charge in [0.05, 0.1) is 11.4 Å². The molecule has 0 atom stereocenters. The van der Waals surface area contributed by atoms with Crippen LogP contribution in [-0.4, -0.2) is 15.1 Å². The summed E-state index contributed by atoms with van der Waals surface area (Å²) in [5.74, 6) is 0.970. The van der Waals surface area contributed by atoms with Gasteiger partial charge in [0, 0.05) is 11.3 Å². The van der Waals surface area contributed by atoms with E-state index in [9.17, 15) is 5.11 Å². The van der Waals surface area contributed by atoms with E-state index >= 15 is 0 Å². The van der Waals surface area contributed by atoms with E-state index in [0.717, 1.165) is 22.8 Å². The Bertz CT molecular complexity index is 503. The number of rotatable bonds is 1. The minimum Gasteiger partial charge on any atom is -0.506 e. The summed E-state index contributed by atoms with van der Waals surface area (Å²) >= 11 is 0. The van der Waals surface area contributed by atoms with E-state index in [1.54, 1.807) is 18.2 Å². The first kappa shape index (κ1) is 9.58. The molecular formula is C11H13N3O. The molecule has 2 aromatic rings. The van der Waals surface area contributed by atoms with Crippen LogP contribution >= 0.6 is 0 Å². The fourth-order valence-electron chi connectivity index (χ4n) is 1.59. The molecule has 1 aromatic carbocycles. The van der Waals surface area contributed by atoms with Gasteiger partial charge in [-0.3, -0.25) is 0 Å². The number of nitrogens with one attached hydrogen (secondary N) is 1. The highest BCUT2D eigenvalue weighted by Crippen LogP contribution is 2.28. The fourth-order valence-corrected chi connectivity index (χ4v) is 1.59. The third-order valence-electron chi connectivity index (χ3n) is 2.30. The lowest BCUT2D eigenvalue weighted by atomic mass is 10.1. The van der Waals surface area contributed by atoms with Crippen LogP contribution in [-0.2, 0) is 0 Å². The third kappa shape index (κ3) is 1.66. The molecule has 0 radical (unpaired) electrons. The zero-order chi connectivity index (χ0) is 11.0. The number of anilines is 1. The molecule has 0 saturated heterocycles. The molecule has 0 fully saturated rings. The molecule has 78 valence electrons. The second-order valence-corrected chi connectivity index (χ2v) is 3.57. The largest absolute Gasteiger partial charge is 0.506 e. The number of aromatic amines is 1. The summed E-state index contributed by atoms with van der Waals surface area (Å²) in [6.07, 6.45) is 0. The van der Waals surface area contributed by atoms with Crippen LogP contribution in [0.4, 0.5) is 5.69 Å². The van der Waals surface area contributed by atoms with E-state index < -0.39 is 0 Å². The number of H-pyrrole nitrogens is 1. The van der Waals surface area contributed by atoms with Crippen molar-refractivity contribution >= 4 is 5.69 Å². The average molecular weight is 203 g/mol. The predicted octanol–water partition coefficient (Wildman–Crippen LogP) is 1.98. The van der Waals surface area contributed by atoms with Crippen LogP contribution in [0, 0.1) is 13.8 Å². The van der Waals surface area contributed by atoms with Gasteiger partial charge in [-0.15, -0.1) is 0 Å². The van der Waals surface area contributed by atoms with Crippen LogP contribution in [0.3, 0.4) is 0 Å². The lowest BCUT2D eigenvalue weighted by Gasteiger charge is -2.02. The summed E-state index contributed by atoms with van der Waals surface area (Å²) in [6.45, 7) is 3.86. The van der Waals surface area contributed by atoms with E-state index in [4.69, 9.17) is 5.73 Å². The number of aromatic hydroxyl groups is 1. The molecule has 0 unspecified atom stereocenters. The molecular weight excluding hydrogens is 190 g/mol. The van der Waals surface area contributed by atoms with Crippen LogP contribution in [0.15, 0.2) is 18.2 Å². The number of hydrogen-bond acceptors (Lipinski definition) is 3. The highest BCUT2D eigenvalue weighted by atomic mass is 16.3. The molecule has 4 nitrogen and oxygen atoms in total. The van der Waals surface area contributed by atoms with Crippen molar-refractivity contribution in [3.05, 3.63) is 29.7 Å². The Kier molecular flexibility index (Phi) is 2.11. The lowest BCUT2D eigenvalue weighted by Crippen LogP contribution is -1.88. The van der Waals surface area contributed by atoms with Crippen molar-refractivity contribution in [2.75, 3.05) is 5.73 Å². The first-order valence-corrected chi connectivity index (χ1v) is 4.70. The number of aryl methyl sites for hydroxylation is 2. The third-order valence-corrected chi connectivity index (χ3v) is 2.30. The normalized spacial score (nSPS) is 10.5. The smallest absolute Gasteiger partial charge is 0.138 e. The standard InChI is InChI=1S/C11H13N3O/c1-6-11(14-7(2)13-6)8-3-4-10(15)9(12)5-8/h3-5,15H,12H2,1-2H3,(H,13,14). The predicted molar refractivity (Wildman–Crippen MR) is 59.6 cm³/mol.